The number of aromatic nitrogens is 2. The van der Waals surface area contributed by atoms with Crippen molar-refractivity contribution in [2.24, 2.45) is 0 Å². The molecule has 0 spiro atoms. The van der Waals surface area contributed by atoms with Crippen molar-refractivity contribution in [3.05, 3.63) is 11.8 Å². The number of ether oxygens (including phenoxy) is 3. The molecule has 8 heteroatoms. The van der Waals surface area contributed by atoms with Gasteiger partial charge in [-0.25, -0.2) is 4.79 Å². The minimum atomic E-state index is -4.06. The van der Waals surface area contributed by atoms with Gasteiger partial charge < -0.3 is 14.2 Å². The number of hydrogen-bond donors (Lipinski definition) is 0. The Labute approximate surface area is 190 Å². The first-order valence-electron chi connectivity index (χ1n) is 15.3. The van der Waals surface area contributed by atoms with Gasteiger partial charge in [0, 0.05) is 27.1 Å². The summed E-state index contributed by atoms with van der Waals surface area (Å²) in [5.74, 6) is -0.529. The van der Waals surface area contributed by atoms with E-state index < -0.39 is 50.9 Å². The molecule has 1 unspecified atom stereocenters. The predicted molar refractivity (Wildman–Crippen MR) is 110 cm³/mol. The van der Waals surface area contributed by atoms with Crippen LogP contribution in [0.3, 0.4) is 0 Å². The molecule has 2 rings (SSSR count). The summed E-state index contributed by atoms with van der Waals surface area (Å²) in [6, 6.07) is 0. The van der Waals surface area contributed by atoms with Gasteiger partial charge in [-0.15, -0.1) is 4.37 Å². The van der Waals surface area contributed by atoms with Crippen LogP contribution in [0.2, 0.25) is 0 Å². The number of likely N-dealkylation sites (N-methyl/N-ethyl adjacent to an activating group) is 1. The van der Waals surface area contributed by atoms with Crippen molar-refractivity contribution in [3.63, 3.8) is 0 Å². The van der Waals surface area contributed by atoms with Gasteiger partial charge in [0.15, 0.2) is 0 Å². The number of carbonyl (C=O) groups is 1. The monoisotopic (exact) mass is 425 g/mol. The maximum Gasteiger partial charge on any atom is 0.512 e. The second kappa shape index (κ2) is 12.0. The molecule has 1 aliphatic heterocycles. The fourth-order valence-electron chi connectivity index (χ4n) is 2.54. The summed E-state index contributed by atoms with van der Waals surface area (Å²) < 4.78 is 126. The number of carbonyl (C=O) groups excluding carboxylic acids is 1. The van der Waals surface area contributed by atoms with Crippen molar-refractivity contribution < 1.29 is 41.3 Å². The molecule has 0 saturated carbocycles. The van der Waals surface area contributed by atoms with Crippen molar-refractivity contribution in [2.75, 3.05) is 40.0 Å². The van der Waals surface area contributed by atoms with Crippen molar-refractivity contribution in [2.45, 2.75) is 58.5 Å². The summed E-state index contributed by atoms with van der Waals surface area (Å²) in [5, 5.41) is 0. The fraction of sp³-hybridized carbons (Fsp3) is 0.750. The molecule has 1 aromatic heterocycles. The average Bonchev–Trinajstić information content (AvgIpc) is 3.29. The third-order valence-corrected chi connectivity index (χ3v) is 4.48. The van der Waals surface area contributed by atoms with Gasteiger partial charge in [0.1, 0.15) is 12.2 Å². The quantitative estimate of drug-likeness (QED) is 0.276. The van der Waals surface area contributed by atoms with Crippen LogP contribution < -0.4 is 4.74 Å². The summed E-state index contributed by atoms with van der Waals surface area (Å²) >= 11 is 0.592. The van der Waals surface area contributed by atoms with Gasteiger partial charge in [-0.1, -0.05) is 45.4 Å². The van der Waals surface area contributed by atoms with E-state index >= 15 is 0 Å². The lowest BCUT2D eigenvalue weighted by molar-refractivity contribution is -0.919. The molecule has 1 aromatic rings. The van der Waals surface area contributed by atoms with Crippen LogP contribution in [0.4, 0.5) is 4.79 Å². The first-order chi connectivity index (χ1) is 18.5. The molecule has 0 aliphatic carbocycles. The predicted octanol–water partition coefficient (Wildman–Crippen LogP) is 4.64. The first kappa shape index (κ1) is 10.4. The standard InChI is InChI=1S/C20H34N3O4S/c1-4-6-8-9-14-25-19-18(21-28-22-19)17-11-10-12-23(3,15-17)16-27-20(24)26-13-7-5-2/h11H,4-10,12-16H2,1-3H3/q+1/i1D3,4D2,6D2,8D2,9D2,14D2. The van der Waals surface area contributed by atoms with Crippen molar-refractivity contribution in [1.82, 2.24) is 8.75 Å². The Morgan fingerprint density at radius 2 is 2.25 bits per heavy atom. The van der Waals surface area contributed by atoms with Crippen LogP contribution in [0.5, 0.6) is 5.88 Å². The number of quaternary nitrogens is 1. The summed E-state index contributed by atoms with van der Waals surface area (Å²) in [4.78, 5) is 11.9. The van der Waals surface area contributed by atoms with Crippen molar-refractivity contribution >= 4 is 23.5 Å². The molecule has 1 aliphatic rings. The topological polar surface area (TPSA) is 70.5 Å². The van der Waals surface area contributed by atoms with Gasteiger partial charge >= 0.3 is 6.16 Å². The summed E-state index contributed by atoms with van der Waals surface area (Å²) in [6.07, 6.45) is -13.0. The Morgan fingerprint density at radius 1 is 1.36 bits per heavy atom. The second-order valence-electron chi connectivity index (χ2n) is 6.37. The second-order valence-corrected chi connectivity index (χ2v) is 6.90. The van der Waals surface area contributed by atoms with Gasteiger partial charge in [0.05, 0.1) is 41.2 Å². The van der Waals surface area contributed by atoms with Crippen LogP contribution in [0.1, 0.15) is 82.0 Å². The Balaban J connectivity index is 2.28. The minimum absolute atomic E-state index is 0.00522. The van der Waals surface area contributed by atoms with Crippen LogP contribution in [0.25, 0.3) is 5.57 Å². The van der Waals surface area contributed by atoms with Gasteiger partial charge in [0.2, 0.25) is 6.73 Å². The van der Waals surface area contributed by atoms with Crippen molar-refractivity contribution in [1.29, 1.82) is 0 Å². The summed E-state index contributed by atoms with van der Waals surface area (Å²) in [6.45, 7) is -4.50. The molecule has 1 atom stereocenters. The third kappa shape index (κ3) is 7.39. The highest BCUT2D eigenvalue weighted by Gasteiger charge is 2.31. The molecule has 0 N–H and O–H groups in total. The largest absolute Gasteiger partial charge is 0.512 e. The van der Waals surface area contributed by atoms with Crippen LogP contribution in [-0.4, -0.2) is 59.4 Å². The smallest absolute Gasteiger partial charge is 0.475 e. The molecule has 0 amide bonds. The van der Waals surface area contributed by atoms with E-state index in [2.05, 4.69) is 8.75 Å². The Bertz CT molecular complexity index is 1110. The maximum absolute atomic E-state index is 11.9. The fourth-order valence-corrected chi connectivity index (χ4v) is 3.06. The van der Waals surface area contributed by atoms with Crippen LogP contribution >= 0.6 is 11.7 Å². The van der Waals surface area contributed by atoms with E-state index in [9.17, 15) is 4.79 Å². The lowest BCUT2D eigenvalue weighted by Crippen LogP contribution is -2.49. The molecule has 0 aromatic carbocycles. The molecular weight excluding hydrogens is 378 g/mol. The summed E-state index contributed by atoms with van der Waals surface area (Å²) in [5.41, 5.74) is 0.490. The Hall–Kier alpha value is -1.67. The average molecular weight is 426 g/mol. The molecule has 7 nitrogen and oxygen atoms in total. The molecular formula is C20H34N3O4S+. The zero-order valence-electron chi connectivity index (χ0n) is 28.9. The molecule has 28 heavy (non-hydrogen) atoms. The highest BCUT2D eigenvalue weighted by atomic mass is 32.1. The van der Waals surface area contributed by atoms with E-state index in [0.717, 1.165) is 6.42 Å². The normalized spacial score (nSPS) is 29.1. The van der Waals surface area contributed by atoms with E-state index in [-0.39, 0.29) is 30.1 Å². The summed E-state index contributed by atoms with van der Waals surface area (Å²) in [7, 11) is 1.79. The molecule has 0 saturated heterocycles. The van der Waals surface area contributed by atoms with Gasteiger partial charge in [-0.05, 0) is 12.8 Å². The highest BCUT2D eigenvalue weighted by molar-refractivity contribution is 6.99. The number of hydrogen-bond acceptors (Lipinski definition) is 7. The van der Waals surface area contributed by atoms with Crippen LogP contribution in [0, 0.1) is 0 Å². The van der Waals surface area contributed by atoms with E-state index in [4.69, 9.17) is 32.0 Å². The number of nitrogens with zero attached hydrogens (tertiary/aromatic N) is 3. The van der Waals surface area contributed by atoms with E-state index in [1.54, 1.807) is 13.1 Å². The van der Waals surface area contributed by atoms with Gasteiger partial charge in [0.25, 0.3) is 5.88 Å². The van der Waals surface area contributed by atoms with Crippen LogP contribution in [0.15, 0.2) is 6.08 Å². The number of rotatable bonds is 12. The molecule has 0 fully saturated rings. The van der Waals surface area contributed by atoms with E-state index in [1.807, 2.05) is 6.92 Å². The lowest BCUT2D eigenvalue weighted by Gasteiger charge is -2.36. The Morgan fingerprint density at radius 3 is 3.07 bits per heavy atom. The molecule has 0 radical (unpaired) electrons. The van der Waals surface area contributed by atoms with Crippen LogP contribution in [-0.2, 0) is 9.47 Å². The maximum atomic E-state index is 11.9. The Kier molecular flexibility index (Phi) is 4.46. The first-order valence-corrected chi connectivity index (χ1v) is 9.54. The van der Waals surface area contributed by atoms with Crippen molar-refractivity contribution in [3.8, 4) is 5.88 Å². The highest BCUT2D eigenvalue weighted by Crippen LogP contribution is 2.30. The lowest BCUT2D eigenvalue weighted by atomic mass is 10.1. The van der Waals surface area contributed by atoms with Gasteiger partial charge in [-0.3, -0.25) is 4.48 Å². The van der Waals surface area contributed by atoms with E-state index in [0.29, 0.717) is 36.7 Å². The number of unbranched alkanes of at least 4 members (excludes halogenated alkanes) is 1. The molecule has 2 heterocycles. The minimum Gasteiger partial charge on any atom is -0.475 e. The zero-order valence-corrected chi connectivity index (χ0v) is 16.7. The van der Waals surface area contributed by atoms with Gasteiger partial charge in [-0.2, -0.15) is 4.37 Å². The SMILES string of the molecule is [2H]C([2H])([2H])C([2H])([2H])C([2H])([2H])C([2H])([2H])C([2H])([2H])C([2H])([2H])Oc1nsnc1C1=CCC[N+](C)(COC(=O)OCCCC)C1. The molecule has 158 valence electrons. The third-order valence-electron chi connectivity index (χ3n) is 3.97. The van der Waals surface area contributed by atoms with E-state index in [1.165, 1.54) is 0 Å². The molecule has 0 bridgehead atoms. The zero-order chi connectivity index (χ0) is 31.7.